The molecule has 0 bridgehead atoms. The van der Waals surface area contributed by atoms with Gasteiger partial charge in [-0.25, -0.2) is 4.39 Å². The van der Waals surface area contributed by atoms with E-state index in [1.807, 2.05) is 12.1 Å². The van der Waals surface area contributed by atoms with Crippen LogP contribution >= 0.6 is 0 Å². The Morgan fingerprint density at radius 1 is 1.02 bits per heavy atom. The summed E-state index contributed by atoms with van der Waals surface area (Å²) in [5, 5.41) is 7.42. The number of methoxy groups -OCH3 is 2. The smallest absolute Gasteiger partial charge is 0.300 e. The second-order valence-electron chi connectivity index (χ2n) is 11.0. The van der Waals surface area contributed by atoms with E-state index < -0.39 is 5.97 Å². The van der Waals surface area contributed by atoms with E-state index in [1.165, 1.54) is 23.6 Å². The van der Waals surface area contributed by atoms with E-state index >= 15 is 4.39 Å². The van der Waals surface area contributed by atoms with Gasteiger partial charge in [-0.15, -0.1) is 0 Å². The quantitative estimate of drug-likeness (QED) is 0.273. The molecule has 1 N–H and O–H groups in total. The molecule has 0 radical (unpaired) electrons. The van der Waals surface area contributed by atoms with E-state index in [2.05, 4.69) is 52.0 Å². The lowest BCUT2D eigenvalue weighted by Gasteiger charge is -2.34. The summed E-state index contributed by atoms with van der Waals surface area (Å²) in [5.41, 5.74) is 6.04. The molecule has 3 aromatic rings. The highest BCUT2D eigenvalue weighted by Crippen LogP contribution is 2.44. The van der Waals surface area contributed by atoms with Crippen LogP contribution in [0.1, 0.15) is 88.2 Å². The molecule has 1 aliphatic rings. The molecule has 216 valence electrons. The SMILES string of the molecule is CC(=O)O.CC[C@@H]1CCc2ccc(OCc3ccc(-c4cc(OC)ccc4F)c(C(OC)C(C)(C)CC)c3)cc21. The largest absolute Gasteiger partial charge is 0.497 e. The van der Waals surface area contributed by atoms with Gasteiger partial charge in [0.25, 0.3) is 5.97 Å². The fraction of sp³-hybridized carbons (Fsp3) is 0.441. The monoisotopic (exact) mass is 550 g/mol. The first-order valence-electron chi connectivity index (χ1n) is 14.0. The highest BCUT2D eigenvalue weighted by Gasteiger charge is 2.32. The first kappa shape index (κ1) is 31.2. The molecule has 6 heteroatoms. The van der Waals surface area contributed by atoms with Crippen molar-refractivity contribution in [3.63, 3.8) is 0 Å². The number of halogens is 1. The van der Waals surface area contributed by atoms with Crippen LogP contribution < -0.4 is 9.47 Å². The minimum atomic E-state index is -0.833. The highest BCUT2D eigenvalue weighted by atomic mass is 19.1. The molecule has 2 atom stereocenters. The number of aryl methyl sites for hydroxylation is 1. The summed E-state index contributed by atoms with van der Waals surface area (Å²) < 4.78 is 32.7. The molecule has 0 fully saturated rings. The first-order valence-corrected chi connectivity index (χ1v) is 14.0. The number of carboxylic acids is 1. The lowest BCUT2D eigenvalue weighted by Crippen LogP contribution is -2.24. The van der Waals surface area contributed by atoms with Crippen molar-refractivity contribution in [1.82, 2.24) is 0 Å². The molecular formula is C34H43FO5. The molecule has 3 aromatic carbocycles. The van der Waals surface area contributed by atoms with Crippen molar-refractivity contribution in [3.05, 3.63) is 82.7 Å². The molecule has 0 heterocycles. The lowest BCUT2D eigenvalue weighted by molar-refractivity contribution is -0.134. The predicted octanol–water partition coefficient (Wildman–Crippen LogP) is 8.73. The number of benzene rings is 3. The third kappa shape index (κ3) is 7.42. The van der Waals surface area contributed by atoms with Crippen molar-refractivity contribution in [3.8, 4) is 22.6 Å². The van der Waals surface area contributed by atoms with Crippen LogP contribution in [0.3, 0.4) is 0 Å². The van der Waals surface area contributed by atoms with E-state index in [-0.39, 0.29) is 17.3 Å². The minimum Gasteiger partial charge on any atom is -0.497 e. The van der Waals surface area contributed by atoms with Crippen LogP contribution in [0.2, 0.25) is 0 Å². The van der Waals surface area contributed by atoms with Crippen LogP contribution in [0.25, 0.3) is 11.1 Å². The first-order chi connectivity index (χ1) is 19.0. The van der Waals surface area contributed by atoms with E-state index in [0.717, 1.165) is 48.6 Å². The third-order valence-corrected chi connectivity index (χ3v) is 7.94. The summed E-state index contributed by atoms with van der Waals surface area (Å²) in [5.74, 6) is 1.03. The molecule has 1 unspecified atom stereocenters. The summed E-state index contributed by atoms with van der Waals surface area (Å²) in [6, 6.07) is 17.5. The molecule has 0 aliphatic heterocycles. The molecule has 40 heavy (non-hydrogen) atoms. The number of aliphatic carboxylic acids is 1. The Hall–Kier alpha value is -3.38. The van der Waals surface area contributed by atoms with Gasteiger partial charge >= 0.3 is 0 Å². The predicted molar refractivity (Wildman–Crippen MR) is 158 cm³/mol. The third-order valence-electron chi connectivity index (χ3n) is 7.94. The molecule has 0 aromatic heterocycles. The van der Waals surface area contributed by atoms with E-state index in [4.69, 9.17) is 24.1 Å². The standard InChI is InChI=1S/C32H39FO3.C2H4O2/c1-7-22-10-11-23-12-13-25(19-27(22)23)36-20-21-9-15-26(28-18-24(34-5)14-16-30(28)33)29(17-21)31(35-6)32(3,4)8-2;1-2(3)4/h9,12-19,22,31H,7-8,10-11,20H2,1-6H3;1H3,(H,3,4)/t22-,31?;/m1./s1. The number of carbonyl (C=O) groups is 1. The maximum absolute atomic E-state index is 15.0. The van der Waals surface area contributed by atoms with Crippen LogP contribution in [-0.2, 0) is 22.6 Å². The Balaban J connectivity index is 0.00000103. The van der Waals surface area contributed by atoms with Crippen LogP contribution in [0, 0.1) is 11.2 Å². The number of rotatable bonds is 10. The van der Waals surface area contributed by atoms with Gasteiger partial charge in [0.15, 0.2) is 0 Å². The fourth-order valence-corrected chi connectivity index (χ4v) is 5.40. The van der Waals surface area contributed by atoms with E-state index in [0.29, 0.717) is 23.8 Å². The van der Waals surface area contributed by atoms with Gasteiger partial charge in [-0.2, -0.15) is 0 Å². The molecule has 0 saturated heterocycles. The van der Waals surface area contributed by atoms with Gasteiger partial charge in [0, 0.05) is 19.6 Å². The zero-order valence-corrected chi connectivity index (χ0v) is 24.8. The average Bonchev–Trinajstić information content (AvgIpc) is 3.35. The Labute approximate surface area is 238 Å². The van der Waals surface area contributed by atoms with Crippen molar-refractivity contribution < 1.29 is 28.5 Å². The fourth-order valence-electron chi connectivity index (χ4n) is 5.40. The summed E-state index contributed by atoms with van der Waals surface area (Å²) in [4.78, 5) is 9.00. The highest BCUT2D eigenvalue weighted by molar-refractivity contribution is 5.70. The zero-order valence-electron chi connectivity index (χ0n) is 24.8. The maximum Gasteiger partial charge on any atom is 0.300 e. The van der Waals surface area contributed by atoms with Crippen molar-refractivity contribution in [1.29, 1.82) is 0 Å². The van der Waals surface area contributed by atoms with E-state index in [1.54, 1.807) is 26.4 Å². The van der Waals surface area contributed by atoms with Crippen molar-refractivity contribution in [2.45, 2.75) is 78.9 Å². The lowest BCUT2D eigenvalue weighted by atomic mass is 9.77. The van der Waals surface area contributed by atoms with Crippen molar-refractivity contribution in [2.24, 2.45) is 5.41 Å². The van der Waals surface area contributed by atoms with Gasteiger partial charge in [0.2, 0.25) is 0 Å². The maximum atomic E-state index is 15.0. The Morgan fingerprint density at radius 2 is 1.73 bits per heavy atom. The minimum absolute atomic E-state index is 0.145. The average molecular weight is 551 g/mol. The van der Waals surface area contributed by atoms with Crippen LogP contribution in [0.4, 0.5) is 4.39 Å². The second kappa shape index (κ2) is 13.8. The molecule has 4 rings (SSSR count). The van der Waals surface area contributed by atoms with Crippen LogP contribution in [0.15, 0.2) is 54.6 Å². The summed E-state index contributed by atoms with van der Waals surface area (Å²) in [6.45, 7) is 10.3. The Kier molecular flexibility index (Phi) is 10.7. The van der Waals surface area contributed by atoms with Gasteiger partial charge in [-0.05, 0) is 101 Å². The Morgan fingerprint density at radius 3 is 2.35 bits per heavy atom. The van der Waals surface area contributed by atoms with Gasteiger partial charge in [0.05, 0.1) is 13.2 Å². The summed E-state index contributed by atoms with van der Waals surface area (Å²) in [6.07, 6.45) is 4.25. The molecule has 0 amide bonds. The number of ether oxygens (including phenoxy) is 3. The van der Waals surface area contributed by atoms with Gasteiger partial charge in [0.1, 0.15) is 23.9 Å². The zero-order chi connectivity index (χ0) is 29.4. The van der Waals surface area contributed by atoms with Gasteiger partial charge < -0.3 is 19.3 Å². The molecule has 1 aliphatic carbocycles. The molecular weight excluding hydrogens is 507 g/mol. The normalized spacial score (nSPS) is 15.1. The summed E-state index contributed by atoms with van der Waals surface area (Å²) >= 11 is 0. The second-order valence-corrected chi connectivity index (χ2v) is 11.0. The molecule has 5 nitrogen and oxygen atoms in total. The summed E-state index contributed by atoms with van der Waals surface area (Å²) in [7, 11) is 3.32. The van der Waals surface area contributed by atoms with Gasteiger partial charge in [-0.3, -0.25) is 4.79 Å². The van der Waals surface area contributed by atoms with E-state index in [9.17, 15) is 0 Å². The number of hydrogen-bond donors (Lipinski definition) is 1. The van der Waals surface area contributed by atoms with Crippen LogP contribution in [0.5, 0.6) is 11.5 Å². The molecule has 0 spiro atoms. The van der Waals surface area contributed by atoms with Crippen molar-refractivity contribution in [2.75, 3.05) is 14.2 Å². The number of carboxylic acid groups (broad SMARTS) is 1. The number of hydrogen-bond acceptors (Lipinski definition) is 4. The van der Waals surface area contributed by atoms with Crippen LogP contribution in [-0.4, -0.2) is 25.3 Å². The van der Waals surface area contributed by atoms with Gasteiger partial charge in [-0.1, -0.05) is 45.9 Å². The van der Waals surface area contributed by atoms with Crippen molar-refractivity contribution >= 4 is 5.97 Å². The topological polar surface area (TPSA) is 65.0 Å². The number of fused-ring (bicyclic) bond motifs is 1. The Bertz CT molecular complexity index is 1300. The molecule has 0 saturated carbocycles.